The van der Waals surface area contributed by atoms with Crippen LogP contribution in [0, 0.1) is 0 Å². The molecule has 1 aromatic rings. The smallest absolute Gasteiger partial charge is 0.268 e. The fraction of sp³-hybridized carbons (Fsp3) is 0.545. The van der Waals surface area contributed by atoms with Gasteiger partial charge in [-0.3, -0.25) is 4.79 Å². The lowest BCUT2D eigenvalue weighted by molar-refractivity contribution is 0.0903. The van der Waals surface area contributed by atoms with Gasteiger partial charge in [-0.25, -0.2) is 8.42 Å². The van der Waals surface area contributed by atoms with E-state index in [0.29, 0.717) is 0 Å². The second kappa shape index (κ2) is 4.93. The molecule has 102 valence electrons. The predicted molar refractivity (Wildman–Crippen MR) is 70.3 cm³/mol. The van der Waals surface area contributed by atoms with E-state index in [9.17, 15) is 13.2 Å². The first-order valence-electron chi connectivity index (χ1n) is 5.50. The van der Waals surface area contributed by atoms with E-state index >= 15 is 0 Å². The van der Waals surface area contributed by atoms with Gasteiger partial charge in [-0.05, 0) is 26.3 Å². The number of halogens is 1. The first kappa shape index (κ1) is 15.0. The standard InChI is InChI=1S/C11H17ClN2O3S/c1-5-11(2,3)13-10(15)9-6-8(7-14(9)4)18(12,16)17/h6-7H,5H2,1-4H3,(H,13,15). The van der Waals surface area contributed by atoms with Crippen molar-refractivity contribution in [1.82, 2.24) is 9.88 Å². The lowest BCUT2D eigenvalue weighted by Gasteiger charge is -2.24. The van der Waals surface area contributed by atoms with Gasteiger partial charge in [-0.1, -0.05) is 6.92 Å². The highest BCUT2D eigenvalue weighted by molar-refractivity contribution is 8.13. The molecule has 1 amide bonds. The zero-order chi connectivity index (χ0) is 14.1. The van der Waals surface area contributed by atoms with Crippen molar-refractivity contribution < 1.29 is 13.2 Å². The van der Waals surface area contributed by atoms with Gasteiger partial charge in [-0.2, -0.15) is 0 Å². The van der Waals surface area contributed by atoms with Crippen LogP contribution in [-0.2, 0) is 16.1 Å². The number of aromatic nitrogens is 1. The molecule has 0 aliphatic rings. The molecule has 0 saturated heterocycles. The summed E-state index contributed by atoms with van der Waals surface area (Å²) in [6.07, 6.45) is 2.08. The average Bonchev–Trinajstić information content (AvgIpc) is 2.59. The lowest BCUT2D eigenvalue weighted by atomic mass is 10.0. The van der Waals surface area contributed by atoms with Crippen LogP contribution >= 0.6 is 10.7 Å². The molecule has 0 fully saturated rings. The van der Waals surface area contributed by atoms with E-state index < -0.39 is 9.05 Å². The van der Waals surface area contributed by atoms with Crippen molar-refractivity contribution >= 4 is 25.6 Å². The minimum absolute atomic E-state index is 0.0777. The third-order valence-corrected chi connectivity index (χ3v) is 4.15. The normalized spacial score (nSPS) is 12.5. The molecular formula is C11H17ClN2O3S. The minimum Gasteiger partial charge on any atom is -0.346 e. The summed E-state index contributed by atoms with van der Waals surface area (Å²) in [6.45, 7) is 5.75. The second-order valence-corrected chi connectivity index (χ2v) is 7.37. The Morgan fingerprint density at radius 1 is 1.50 bits per heavy atom. The number of hydrogen-bond donors (Lipinski definition) is 1. The molecule has 0 unspecified atom stereocenters. The summed E-state index contributed by atoms with van der Waals surface area (Å²) in [6, 6.07) is 1.27. The minimum atomic E-state index is -3.82. The summed E-state index contributed by atoms with van der Waals surface area (Å²) in [4.78, 5) is 11.9. The Labute approximate surface area is 112 Å². The van der Waals surface area contributed by atoms with Crippen LogP contribution in [0.5, 0.6) is 0 Å². The van der Waals surface area contributed by atoms with Crippen LogP contribution in [0.4, 0.5) is 0 Å². The Morgan fingerprint density at radius 3 is 2.44 bits per heavy atom. The van der Waals surface area contributed by atoms with Crippen LogP contribution in [0.3, 0.4) is 0 Å². The van der Waals surface area contributed by atoms with Crippen molar-refractivity contribution in [3.8, 4) is 0 Å². The molecule has 0 bridgehead atoms. The zero-order valence-corrected chi connectivity index (χ0v) is 12.4. The molecule has 0 aliphatic heterocycles. The van der Waals surface area contributed by atoms with Crippen LogP contribution in [0.2, 0.25) is 0 Å². The molecule has 0 atom stereocenters. The summed E-state index contributed by atoms with van der Waals surface area (Å²) in [5.74, 6) is -0.323. The maximum Gasteiger partial charge on any atom is 0.268 e. The number of rotatable bonds is 4. The van der Waals surface area contributed by atoms with Crippen molar-refractivity contribution in [3.63, 3.8) is 0 Å². The molecule has 18 heavy (non-hydrogen) atoms. The first-order valence-corrected chi connectivity index (χ1v) is 7.81. The van der Waals surface area contributed by atoms with Crippen molar-refractivity contribution in [2.24, 2.45) is 7.05 Å². The lowest BCUT2D eigenvalue weighted by Crippen LogP contribution is -2.43. The number of hydrogen-bond acceptors (Lipinski definition) is 3. The van der Waals surface area contributed by atoms with Crippen LogP contribution in [0.25, 0.3) is 0 Å². The highest BCUT2D eigenvalue weighted by atomic mass is 35.7. The third-order valence-electron chi connectivity index (χ3n) is 2.83. The molecule has 0 aromatic carbocycles. The number of carbonyl (C=O) groups excluding carboxylic acids is 1. The summed E-state index contributed by atoms with van der Waals surface area (Å²) < 4.78 is 23.8. The van der Waals surface area contributed by atoms with Gasteiger partial charge in [0.05, 0.1) is 0 Å². The molecule has 0 aliphatic carbocycles. The van der Waals surface area contributed by atoms with Crippen LogP contribution < -0.4 is 5.32 Å². The molecule has 1 heterocycles. The maximum atomic E-state index is 12.0. The fourth-order valence-electron chi connectivity index (χ4n) is 1.35. The Kier molecular flexibility index (Phi) is 4.12. The number of nitrogens with one attached hydrogen (secondary N) is 1. The van der Waals surface area contributed by atoms with E-state index in [0.717, 1.165) is 6.42 Å². The molecule has 7 heteroatoms. The van der Waals surface area contributed by atoms with Gasteiger partial charge < -0.3 is 9.88 Å². The second-order valence-electron chi connectivity index (χ2n) is 4.80. The third kappa shape index (κ3) is 3.49. The van der Waals surface area contributed by atoms with Gasteiger partial charge in [0.25, 0.3) is 15.0 Å². The summed E-state index contributed by atoms with van der Waals surface area (Å²) in [7, 11) is 3.02. The van der Waals surface area contributed by atoms with Crippen molar-refractivity contribution in [2.75, 3.05) is 0 Å². The monoisotopic (exact) mass is 292 g/mol. The van der Waals surface area contributed by atoms with Crippen molar-refractivity contribution in [1.29, 1.82) is 0 Å². The fourth-order valence-corrected chi connectivity index (χ4v) is 2.14. The molecule has 0 spiro atoms. The number of amides is 1. The van der Waals surface area contributed by atoms with Crippen LogP contribution in [0.1, 0.15) is 37.7 Å². The van der Waals surface area contributed by atoms with Gasteiger partial charge in [-0.15, -0.1) is 0 Å². The Morgan fingerprint density at radius 2 is 2.06 bits per heavy atom. The average molecular weight is 293 g/mol. The van der Waals surface area contributed by atoms with Crippen molar-refractivity contribution in [2.45, 2.75) is 37.6 Å². The van der Waals surface area contributed by atoms with Gasteiger partial charge in [0.15, 0.2) is 0 Å². The summed E-state index contributed by atoms with van der Waals surface area (Å²) in [5, 5.41) is 2.83. The predicted octanol–water partition coefficient (Wildman–Crippen LogP) is 1.87. The van der Waals surface area contributed by atoms with Crippen molar-refractivity contribution in [3.05, 3.63) is 18.0 Å². The Hall–Kier alpha value is -1.01. The van der Waals surface area contributed by atoms with E-state index in [1.54, 1.807) is 7.05 Å². The van der Waals surface area contributed by atoms with E-state index in [-0.39, 0.29) is 22.0 Å². The molecule has 0 saturated carbocycles. The topological polar surface area (TPSA) is 68.2 Å². The van der Waals surface area contributed by atoms with Crippen LogP contribution in [-0.4, -0.2) is 24.4 Å². The summed E-state index contributed by atoms with van der Waals surface area (Å²) >= 11 is 0. The molecule has 1 N–H and O–H groups in total. The Balaban J connectivity index is 3.05. The van der Waals surface area contributed by atoms with Gasteiger partial charge >= 0.3 is 0 Å². The van der Waals surface area contributed by atoms with E-state index in [1.807, 2.05) is 20.8 Å². The summed E-state index contributed by atoms with van der Waals surface area (Å²) in [5.41, 5.74) is -0.0859. The van der Waals surface area contributed by atoms with Gasteiger partial charge in [0.2, 0.25) is 0 Å². The molecule has 1 rings (SSSR count). The van der Waals surface area contributed by atoms with Gasteiger partial charge in [0, 0.05) is 29.5 Å². The number of nitrogens with zero attached hydrogens (tertiary/aromatic N) is 1. The number of aryl methyl sites for hydroxylation is 1. The highest BCUT2D eigenvalue weighted by Gasteiger charge is 2.23. The molecule has 1 aromatic heterocycles. The van der Waals surface area contributed by atoms with E-state index in [4.69, 9.17) is 10.7 Å². The first-order chi connectivity index (χ1) is 8.07. The van der Waals surface area contributed by atoms with Gasteiger partial charge in [0.1, 0.15) is 10.6 Å². The maximum absolute atomic E-state index is 12.0. The molecule has 5 nitrogen and oxygen atoms in total. The zero-order valence-electron chi connectivity index (χ0n) is 10.8. The Bertz CT molecular complexity index is 561. The van der Waals surface area contributed by atoms with E-state index in [2.05, 4.69) is 5.32 Å². The van der Waals surface area contributed by atoms with E-state index in [1.165, 1.54) is 16.8 Å². The van der Waals surface area contributed by atoms with Crippen LogP contribution in [0.15, 0.2) is 17.2 Å². The SMILES string of the molecule is CCC(C)(C)NC(=O)c1cc(S(=O)(=O)Cl)cn1C. The molecule has 0 radical (unpaired) electrons. The molecular weight excluding hydrogens is 276 g/mol. The largest absolute Gasteiger partial charge is 0.346 e. The highest BCUT2D eigenvalue weighted by Crippen LogP contribution is 2.18. The number of carbonyl (C=O) groups is 1. The quantitative estimate of drug-likeness (QED) is 0.862.